The lowest BCUT2D eigenvalue weighted by Crippen LogP contribution is -2.38. The zero-order valence-corrected chi connectivity index (χ0v) is 16.7. The number of methoxy groups -OCH3 is 1. The molecule has 5 heteroatoms. The summed E-state index contributed by atoms with van der Waals surface area (Å²) in [6.07, 6.45) is 1.07. The number of benzene rings is 3. The molecule has 2 amide bonds. The third kappa shape index (κ3) is 4.80. The summed E-state index contributed by atoms with van der Waals surface area (Å²) in [5.74, 6) is 1.32. The number of nitrogens with zero attached hydrogens (tertiary/aromatic N) is 1. The van der Waals surface area contributed by atoms with E-state index in [4.69, 9.17) is 4.74 Å². The quantitative estimate of drug-likeness (QED) is 0.665. The second kappa shape index (κ2) is 8.86. The van der Waals surface area contributed by atoms with Crippen LogP contribution in [0.25, 0.3) is 10.8 Å². The van der Waals surface area contributed by atoms with Crippen molar-refractivity contribution in [1.29, 1.82) is 0 Å². The Morgan fingerprint density at radius 2 is 1.90 bits per heavy atom. The molecule has 0 radical (unpaired) electrons. The molecule has 1 atom stereocenters. The van der Waals surface area contributed by atoms with Gasteiger partial charge in [-0.2, -0.15) is 0 Å². The third-order valence-electron chi connectivity index (χ3n) is 5.52. The van der Waals surface area contributed by atoms with Crippen LogP contribution < -0.4 is 20.3 Å². The summed E-state index contributed by atoms with van der Waals surface area (Å²) >= 11 is 0. The molecule has 3 aromatic rings. The Balaban J connectivity index is 1.23. The summed E-state index contributed by atoms with van der Waals surface area (Å²) in [5, 5.41) is 8.39. The number of carbonyl (C=O) groups is 1. The summed E-state index contributed by atoms with van der Waals surface area (Å²) in [6, 6.07) is 22.6. The van der Waals surface area contributed by atoms with Crippen LogP contribution in [-0.2, 0) is 6.54 Å². The van der Waals surface area contributed by atoms with E-state index in [0.717, 1.165) is 30.8 Å². The van der Waals surface area contributed by atoms with E-state index in [9.17, 15) is 4.79 Å². The first kappa shape index (κ1) is 19.1. The van der Waals surface area contributed by atoms with Crippen LogP contribution in [-0.4, -0.2) is 32.8 Å². The Bertz CT molecular complexity index is 989. The molecule has 0 unspecified atom stereocenters. The van der Waals surface area contributed by atoms with E-state index >= 15 is 0 Å². The smallest absolute Gasteiger partial charge is 0.315 e. The molecule has 29 heavy (non-hydrogen) atoms. The van der Waals surface area contributed by atoms with Gasteiger partial charge in [-0.25, -0.2) is 4.79 Å². The summed E-state index contributed by atoms with van der Waals surface area (Å²) < 4.78 is 5.32. The van der Waals surface area contributed by atoms with Gasteiger partial charge in [-0.3, -0.25) is 0 Å². The Kier molecular flexibility index (Phi) is 5.84. The number of fused-ring (bicyclic) bond motifs is 1. The van der Waals surface area contributed by atoms with E-state index in [1.807, 2.05) is 24.3 Å². The molecule has 1 saturated heterocycles. The van der Waals surface area contributed by atoms with Crippen molar-refractivity contribution in [3.8, 4) is 5.75 Å². The molecule has 1 aliphatic rings. The number of rotatable bonds is 6. The Labute approximate surface area is 171 Å². The molecule has 0 saturated carbocycles. The summed E-state index contributed by atoms with van der Waals surface area (Å²) in [4.78, 5) is 14.6. The van der Waals surface area contributed by atoms with Gasteiger partial charge in [0.2, 0.25) is 0 Å². The SMILES string of the molecule is COc1cccc(N2CC[C@H](CNC(=O)NCc3ccc4ccccc4c3)C2)c1. The normalized spacial score (nSPS) is 16.0. The van der Waals surface area contributed by atoms with Gasteiger partial charge in [0.1, 0.15) is 5.75 Å². The van der Waals surface area contributed by atoms with Gasteiger partial charge in [-0.05, 0) is 46.9 Å². The topological polar surface area (TPSA) is 53.6 Å². The highest BCUT2D eigenvalue weighted by Gasteiger charge is 2.23. The van der Waals surface area contributed by atoms with Crippen LogP contribution in [0.15, 0.2) is 66.7 Å². The molecule has 0 aromatic heterocycles. The van der Waals surface area contributed by atoms with Crippen molar-refractivity contribution in [1.82, 2.24) is 10.6 Å². The Morgan fingerprint density at radius 3 is 2.76 bits per heavy atom. The highest BCUT2D eigenvalue weighted by atomic mass is 16.5. The molecule has 2 N–H and O–H groups in total. The maximum absolute atomic E-state index is 12.2. The van der Waals surface area contributed by atoms with Crippen LogP contribution in [0.5, 0.6) is 5.75 Å². The van der Waals surface area contributed by atoms with Crippen molar-refractivity contribution in [3.05, 3.63) is 72.3 Å². The van der Waals surface area contributed by atoms with Crippen LogP contribution >= 0.6 is 0 Å². The molecule has 5 nitrogen and oxygen atoms in total. The maximum Gasteiger partial charge on any atom is 0.315 e. The Morgan fingerprint density at radius 1 is 1.03 bits per heavy atom. The first-order chi connectivity index (χ1) is 14.2. The van der Waals surface area contributed by atoms with E-state index < -0.39 is 0 Å². The zero-order chi connectivity index (χ0) is 20.1. The van der Waals surface area contributed by atoms with E-state index in [1.165, 1.54) is 16.5 Å². The van der Waals surface area contributed by atoms with E-state index in [-0.39, 0.29) is 6.03 Å². The number of hydrogen-bond donors (Lipinski definition) is 2. The highest BCUT2D eigenvalue weighted by Crippen LogP contribution is 2.26. The summed E-state index contributed by atoms with van der Waals surface area (Å²) in [6.45, 7) is 3.15. The van der Waals surface area contributed by atoms with Crippen LogP contribution in [0, 0.1) is 5.92 Å². The number of amides is 2. The fourth-order valence-corrected chi connectivity index (χ4v) is 3.87. The number of urea groups is 1. The van der Waals surface area contributed by atoms with Gasteiger partial charge in [-0.15, -0.1) is 0 Å². The molecular weight excluding hydrogens is 362 g/mol. The summed E-state index contributed by atoms with van der Waals surface area (Å²) in [7, 11) is 1.69. The Hall–Kier alpha value is -3.21. The number of hydrogen-bond acceptors (Lipinski definition) is 3. The van der Waals surface area contributed by atoms with E-state index in [0.29, 0.717) is 19.0 Å². The van der Waals surface area contributed by atoms with Crippen molar-refractivity contribution in [2.75, 3.05) is 31.6 Å². The molecule has 4 rings (SSSR count). The number of anilines is 1. The van der Waals surface area contributed by atoms with Crippen molar-refractivity contribution in [2.45, 2.75) is 13.0 Å². The zero-order valence-electron chi connectivity index (χ0n) is 16.7. The van der Waals surface area contributed by atoms with Crippen LogP contribution in [0.1, 0.15) is 12.0 Å². The minimum absolute atomic E-state index is 0.113. The molecule has 0 aliphatic carbocycles. The molecule has 1 heterocycles. The van der Waals surface area contributed by atoms with Gasteiger partial charge < -0.3 is 20.3 Å². The minimum Gasteiger partial charge on any atom is -0.497 e. The number of ether oxygens (including phenoxy) is 1. The van der Waals surface area contributed by atoms with Gasteiger partial charge in [0.05, 0.1) is 7.11 Å². The lowest BCUT2D eigenvalue weighted by molar-refractivity contribution is 0.239. The molecule has 150 valence electrons. The fraction of sp³-hybridized carbons (Fsp3) is 0.292. The first-order valence-electron chi connectivity index (χ1n) is 10.1. The van der Waals surface area contributed by atoms with Crippen molar-refractivity contribution in [2.24, 2.45) is 5.92 Å². The van der Waals surface area contributed by atoms with Crippen LogP contribution in [0.2, 0.25) is 0 Å². The average Bonchev–Trinajstić information content (AvgIpc) is 3.25. The monoisotopic (exact) mass is 389 g/mol. The van der Waals surface area contributed by atoms with Gasteiger partial charge >= 0.3 is 6.03 Å². The largest absolute Gasteiger partial charge is 0.497 e. The predicted octanol–water partition coefficient (Wildman–Crippen LogP) is 4.17. The summed E-state index contributed by atoms with van der Waals surface area (Å²) in [5.41, 5.74) is 2.27. The van der Waals surface area contributed by atoms with E-state index in [1.54, 1.807) is 7.11 Å². The van der Waals surface area contributed by atoms with Crippen LogP contribution in [0.4, 0.5) is 10.5 Å². The minimum atomic E-state index is -0.113. The van der Waals surface area contributed by atoms with Gasteiger partial charge in [0.25, 0.3) is 0 Å². The fourth-order valence-electron chi connectivity index (χ4n) is 3.87. The lowest BCUT2D eigenvalue weighted by Gasteiger charge is -2.19. The number of carbonyl (C=O) groups excluding carboxylic acids is 1. The molecular formula is C24H27N3O2. The first-order valence-corrected chi connectivity index (χ1v) is 10.1. The third-order valence-corrected chi connectivity index (χ3v) is 5.52. The predicted molar refractivity (Wildman–Crippen MR) is 118 cm³/mol. The van der Waals surface area contributed by atoms with Crippen molar-refractivity contribution >= 4 is 22.5 Å². The average molecular weight is 389 g/mol. The van der Waals surface area contributed by atoms with Crippen molar-refractivity contribution in [3.63, 3.8) is 0 Å². The maximum atomic E-state index is 12.2. The second-order valence-electron chi connectivity index (χ2n) is 7.55. The van der Waals surface area contributed by atoms with Crippen LogP contribution in [0.3, 0.4) is 0 Å². The molecule has 1 aliphatic heterocycles. The van der Waals surface area contributed by atoms with Gasteiger partial charge in [-0.1, -0.05) is 42.5 Å². The lowest BCUT2D eigenvalue weighted by atomic mass is 10.1. The van der Waals surface area contributed by atoms with E-state index in [2.05, 4.69) is 58.0 Å². The van der Waals surface area contributed by atoms with Gasteiger partial charge in [0.15, 0.2) is 0 Å². The number of nitrogens with one attached hydrogen (secondary N) is 2. The molecule has 3 aromatic carbocycles. The molecule has 0 spiro atoms. The standard InChI is InChI=1S/C24H27N3O2/c1-29-23-8-4-7-22(14-23)27-12-11-19(17-27)16-26-24(28)25-15-18-9-10-20-5-2-3-6-21(20)13-18/h2-10,13-14,19H,11-12,15-17H2,1H3,(H2,25,26,28)/t19-/m1/s1. The van der Waals surface area contributed by atoms with Gasteiger partial charge in [0, 0.05) is 37.9 Å². The molecule has 1 fully saturated rings. The van der Waals surface area contributed by atoms with Crippen molar-refractivity contribution < 1.29 is 9.53 Å². The molecule has 0 bridgehead atoms. The second-order valence-corrected chi connectivity index (χ2v) is 7.55. The highest BCUT2D eigenvalue weighted by molar-refractivity contribution is 5.83.